The summed E-state index contributed by atoms with van der Waals surface area (Å²) in [6, 6.07) is 31.7. The molecule has 1 aliphatic heterocycles. The number of aliphatic hydroxyl groups is 1. The van der Waals surface area contributed by atoms with Gasteiger partial charge in [0.05, 0.1) is 31.3 Å². The number of carbonyl (C=O) groups is 6. The van der Waals surface area contributed by atoms with Crippen LogP contribution in [0.15, 0.2) is 109 Å². The fourth-order valence-corrected chi connectivity index (χ4v) is 8.57. The molecule has 0 radical (unpaired) electrons. The van der Waals surface area contributed by atoms with Crippen molar-refractivity contribution in [3.63, 3.8) is 0 Å². The summed E-state index contributed by atoms with van der Waals surface area (Å²) in [5, 5.41) is 25.1. The number of aliphatic hydroxyl groups excluding tert-OH is 1. The lowest BCUT2D eigenvalue weighted by Gasteiger charge is -2.36. The second kappa shape index (κ2) is 24.1. The Morgan fingerprint density at radius 1 is 0.708 bits per heavy atom. The molecule has 6 amide bonds. The largest absolute Gasteiger partial charge is 0.391 e. The summed E-state index contributed by atoms with van der Waals surface area (Å²) in [6.07, 6.45) is 5.43. The topological polar surface area (TPSA) is 189 Å². The molecule has 1 aliphatic carbocycles. The van der Waals surface area contributed by atoms with E-state index in [9.17, 15) is 33.9 Å². The van der Waals surface area contributed by atoms with Gasteiger partial charge in [0.2, 0.25) is 23.6 Å². The molecule has 14 nitrogen and oxygen atoms in total. The van der Waals surface area contributed by atoms with E-state index < -0.39 is 30.1 Å². The van der Waals surface area contributed by atoms with Crippen LogP contribution >= 0.6 is 0 Å². The number of carbonyl (C=O) groups excluding carboxylic acids is 6. The fraction of sp³-hybridized carbons (Fsp3) is 0.412. The van der Waals surface area contributed by atoms with Crippen LogP contribution in [-0.4, -0.2) is 121 Å². The number of rotatable bonds is 20. The predicted octanol–water partition coefficient (Wildman–Crippen LogP) is 3.88. The molecule has 2 fully saturated rings. The van der Waals surface area contributed by atoms with Gasteiger partial charge in [-0.2, -0.15) is 0 Å². The van der Waals surface area contributed by atoms with E-state index >= 15 is 0 Å². The molecule has 6 N–H and O–H groups in total. The molecule has 0 spiro atoms. The quantitative estimate of drug-likeness (QED) is 0.0772. The molecule has 6 rings (SSSR count). The normalized spacial score (nSPS) is 17.1. The maximum absolute atomic E-state index is 14.4. The Kier molecular flexibility index (Phi) is 17.8. The summed E-state index contributed by atoms with van der Waals surface area (Å²) < 4.78 is 0. The highest BCUT2D eigenvalue weighted by Gasteiger charge is 2.42. The van der Waals surface area contributed by atoms with E-state index in [1.165, 1.54) is 0 Å². The Balaban J connectivity index is 1.04. The van der Waals surface area contributed by atoms with Gasteiger partial charge < -0.3 is 41.5 Å². The molecule has 2 aliphatic rings. The van der Waals surface area contributed by atoms with E-state index in [1.807, 2.05) is 60.7 Å². The lowest BCUT2D eigenvalue weighted by Crippen LogP contribution is -2.58. The number of nitrogens with zero attached hydrogens (tertiary/aromatic N) is 2. The molecule has 0 aromatic heterocycles. The zero-order valence-electron chi connectivity index (χ0n) is 37.5. The Bertz CT molecular complexity index is 2200. The van der Waals surface area contributed by atoms with Gasteiger partial charge in [-0.05, 0) is 98.5 Å². The highest BCUT2D eigenvalue weighted by atomic mass is 16.3. The summed E-state index contributed by atoms with van der Waals surface area (Å²) in [5.41, 5.74) is 4.54. The predicted molar refractivity (Wildman–Crippen MR) is 250 cm³/mol. The Morgan fingerprint density at radius 2 is 1.26 bits per heavy atom. The van der Waals surface area contributed by atoms with Gasteiger partial charge in [-0.3, -0.25) is 28.8 Å². The van der Waals surface area contributed by atoms with Crippen molar-refractivity contribution >= 4 is 35.4 Å². The summed E-state index contributed by atoms with van der Waals surface area (Å²) in [6.45, 7) is 2.39. The van der Waals surface area contributed by atoms with Crippen molar-refractivity contribution in [2.24, 2.45) is 5.92 Å². The molecule has 65 heavy (non-hydrogen) atoms. The van der Waals surface area contributed by atoms with Crippen molar-refractivity contribution in [3.8, 4) is 11.1 Å². The number of hydrogen-bond donors (Lipinski definition) is 6. The number of β-amino-alcohol motifs (C(OH)–C–C–N with tert-alkyl or cyclic N) is 1. The van der Waals surface area contributed by atoms with Crippen LogP contribution in [0.5, 0.6) is 0 Å². The molecule has 0 bridgehead atoms. The second-order valence-corrected chi connectivity index (χ2v) is 17.1. The van der Waals surface area contributed by atoms with Crippen molar-refractivity contribution in [2.45, 2.75) is 82.5 Å². The van der Waals surface area contributed by atoms with Crippen molar-refractivity contribution in [3.05, 3.63) is 131 Å². The third-order valence-corrected chi connectivity index (χ3v) is 12.5. The molecule has 1 heterocycles. The van der Waals surface area contributed by atoms with E-state index in [0.717, 1.165) is 54.4 Å². The van der Waals surface area contributed by atoms with Crippen molar-refractivity contribution < 1.29 is 33.9 Å². The van der Waals surface area contributed by atoms with E-state index in [-0.39, 0.29) is 68.1 Å². The van der Waals surface area contributed by atoms with Crippen LogP contribution in [0.2, 0.25) is 0 Å². The fourth-order valence-electron chi connectivity index (χ4n) is 8.57. The van der Waals surface area contributed by atoms with Crippen LogP contribution in [0, 0.1) is 5.92 Å². The van der Waals surface area contributed by atoms with Crippen molar-refractivity contribution in [1.29, 1.82) is 0 Å². The van der Waals surface area contributed by atoms with Gasteiger partial charge in [0, 0.05) is 37.3 Å². The van der Waals surface area contributed by atoms with Crippen LogP contribution in [0.4, 0.5) is 0 Å². The summed E-state index contributed by atoms with van der Waals surface area (Å²) in [4.78, 5) is 83.2. The number of benzene rings is 4. The first-order valence-electron chi connectivity index (χ1n) is 22.8. The monoisotopic (exact) mass is 885 g/mol. The van der Waals surface area contributed by atoms with Gasteiger partial charge in [0.25, 0.3) is 11.8 Å². The Hall–Kier alpha value is -6.38. The van der Waals surface area contributed by atoms with Crippen LogP contribution < -0.4 is 26.6 Å². The maximum Gasteiger partial charge on any atom is 0.251 e. The smallest absolute Gasteiger partial charge is 0.251 e. The molecule has 344 valence electrons. The van der Waals surface area contributed by atoms with Crippen molar-refractivity contribution in [2.75, 3.05) is 46.3 Å². The zero-order valence-corrected chi connectivity index (χ0v) is 37.5. The standard InChI is InChI=1S/C51H63N7O7/c1-35(52-2)48(62)56-47(40-16-10-5-11-17-40)51(65)58-34-44(59)30-43(58)33-57(29-27-37-14-8-4-9-15-37)46(61)32-55-50(64)42-24-20-39(21-25-42)38-18-22-41(23-19-38)49(63)54-31-45(60)53-28-26-36-12-6-3-7-13-36/h3-4,6-9,12-15,18-25,35,40,43-44,47,52,59H,5,10-11,16-17,26-34H2,1-2H3,(H,53,60)(H,54,63)(H,55,64)(H,56,62)/t35-,43-,44-,47-/m0/s1. The van der Waals surface area contributed by atoms with Gasteiger partial charge in [-0.1, -0.05) is 104 Å². The lowest BCUT2D eigenvalue weighted by atomic mass is 9.83. The average molecular weight is 886 g/mol. The molecule has 4 aromatic carbocycles. The minimum absolute atomic E-state index is 0.0236. The van der Waals surface area contributed by atoms with E-state index in [4.69, 9.17) is 0 Å². The second-order valence-electron chi connectivity index (χ2n) is 17.1. The molecule has 1 saturated heterocycles. The third-order valence-electron chi connectivity index (χ3n) is 12.5. The number of amides is 6. The molecular weight excluding hydrogens is 823 g/mol. The van der Waals surface area contributed by atoms with Gasteiger partial charge in [0.1, 0.15) is 6.04 Å². The van der Waals surface area contributed by atoms with E-state index in [2.05, 4.69) is 26.6 Å². The van der Waals surface area contributed by atoms with Crippen molar-refractivity contribution in [1.82, 2.24) is 36.4 Å². The van der Waals surface area contributed by atoms with E-state index in [0.29, 0.717) is 37.1 Å². The molecule has 1 saturated carbocycles. The van der Waals surface area contributed by atoms with Crippen LogP contribution in [0.25, 0.3) is 11.1 Å². The average Bonchev–Trinajstić information content (AvgIpc) is 3.72. The van der Waals surface area contributed by atoms with Gasteiger partial charge in [-0.15, -0.1) is 0 Å². The molecule has 14 heteroatoms. The lowest BCUT2D eigenvalue weighted by molar-refractivity contribution is -0.141. The van der Waals surface area contributed by atoms with E-state index in [1.54, 1.807) is 72.3 Å². The van der Waals surface area contributed by atoms with Crippen LogP contribution in [0.1, 0.15) is 77.3 Å². The summed E-state index contributed by atoms with van der Waals surface area (Å²) in [5.74, 6) is -1.92. The molecule has 4 aromatic rings. The van der Waals surface area contributed by atoms with Crippen LogP contribution in [0.3, 0.4) is 0 Å². The third kappa shape index (κ3) is 14.1. The number of nitrogens with one attached hydrogen (secondary N) is 5. The van der Waals surface area contributed by atoms with Gasteiger partial charge in [-0.25, -0.2) is 0 Å². The first-order valence-corrected chi connectivity index (χ1v) is 22.8. The highest BCUT2D eigenvalue weighted by Crippen LogP contribution is 2.30. The van der Waals surface area contributed by atoms with Gasteiger partial charge >= 0.3 is 0 Å². The molecular formula is C51H63N7O7. The minimum Gasteiger partial charge on any atom is -0.391 e. The summed E-state index contributed by atoms with van der Waals surface area (Å²) in [7, 11) is 1.70. The first-order chi connectivity index (χ1) is 31.5. The SMILES string of the molecule is CN[C@@H](C)C(=O)N[C@H](C(=O)N1C[C@@H](O)C[C@H]1CN(CCc1ccccc1)C(=O)CNC(=O)c1ccc(-c2ccc(C(=O)NCC(=O)NCCc3ccccc3)cc2)cc1)C1CCCCC1. The molecule has 4 atom stereocenters. The number of likely N-dealkylation sites (tertiary alicyclic amines) is 1. The van der Waals surface area contributed by atoms with Gasteiger partial charge in [0.15, 0.2) is 0 Å². The Labute approximate surface area is 381 Å². The maximum atomic E-state index is 14.4. The Morgan fingerprint density at radius 3 is 1.83 bits per heavy atom. The summed E-state index contributed by atoms with van der Waals surface area (Å²) >= 11 is 0. The number of likely N-dealkylation sites (N-methyl/N-ethyl adjacent to an activating group) is 1. The van der Waals surface area contributed by atoms with Crippen LogP contribution in [-0.2, 0) is 32.0 Å². The minimum atomic E-state index is -0.783. The molecule has 0 unspecified atom stereocenters. The number of hydrogen-bond acceptors (Lipinski definition) is 8. The highest BCUT2D eigenvalue weighted by molar-refractivity contribution is 5.98. The zero-order chi connectivity index (χ0) is 46.1. The first kappa shape index (κ1) is 48.1.